The molecule has 4 nitrogen and oxygen atoms in total. The third-order valence-electron chi connectivity index (χ3n) is 2.43. The number of ether oxygens (including phenoxy) is 1. The maximum atomic E-state index is 13.4. The molecular weight excluding hydrogens is 257 g/mol. The van der Waals surface area contributed by atoms with Crippen molar-refractivity contribution < 1.29 is 9.13 Å². The fourth-order valence-corrected chi connectivity index (χ4v) is 1.52. The predicted octanol–water partition coefficient (Wildman–Crippen LogP) is 2.33. The molecule has 0 aliphatic rings. The Morgan fingerprint density at radius 1 is 1.45 bits per heavy atom. The van der Waals surface area contributed by atoms with Crippen LogP contribution in [-0.4, -0.2) is 31.7 Å². The first kappa shape index (κ1) is 16.0. The first-order chi connectivity index (χ1) is 9.67. The average molecular weight is 279 g/mol. The summed E-state index contributed by atoms with van der Waals surface area (Å²) in [4.78, 5) is 4.38. The molecular formula is C15H22FN3O. The molecule has 0 aliphatic heterocycles. The van der Waals surface area contributed by atoms with Crippen LogP contribution in [0, 0.1) is 5.82 Å². The number of hydrogen-bond acceptors (Lipinski definition) is 2. The quantitative estimate of drug-likeness (QED) is 0.457. The van der Waals surface area contributed by atoms with Crippen LogP contribution in [0.2, 0.25) is 0 Å². The zero-order chi connectivity index (χ0) is 14.8. The maximum Gasteiger partial charge on any atom is 0.191 e. The highest BCUT2D eigenvalue weighted by atomic mass is 19.1. The summed E-state index contributed by atoms with van der Waals surface area (Å²) in [6.45, 7) is 9.32. The van der Waals surface area contributed by atoms with Gasteiger partial charge in [0.1, 0.15) is 6.10 Å². The first-order valence-corrected chi connectivity index (χ1v) is 6.71. The summed E-state index contributed by atoms with van der Waals surface area (Å²) in [5, 5.41) is 6.20. The summed E-state index contributed by atoms with van der Waals surface area (Å²) < 4.78 is 19.0. The van der Waals surface area contributed by atoms with Crippen molar-refractivity contribution in [2.45, 2.75) is 20.0 Å². The summed E-state index contributed by atoms with van der Waals surface area (Å²) in [5.41, 5.74) is 0. The van der Waals surface area contributed by atoms with Gasteiger partial charge >= 0.3 is 0 Å². The Labute approximate surface area is 119 Å². The summed E-state index contributed by atoms with van der Waals surface area (Å²) in [5.74, 6) is 0.579. The van der Waals surface area contributed by atoms with Crippen molar-refractivity contribution in [3.05, 3.63) is 42.7 Å². The van der Waals surface area contributed by atoms with Crippen molar-refractivity contribution in [3.8, 4) is 5.75 Å². The topological polar surface area (TPSA) is 45.7 Å². The minimum atomic E-state index is -0.361. The Morgan fingerprint density at radius 2 is 2.20 bits per heavy atom. The average Bonchev–Trinajstić information content (AvgIpc) is 2.44. The second kappa shape index (κ2) is 8.96. The number of hydrogen-bond donors (Lipinski definition) is 2. The first-order valence-electron chi connectivity index (χ1n) is 6.71. The maximum absolute atomic E-state index is 13.4. The molecule has 0 radical (unpaired) electrons. The van der Waals surface area contributed by atoms with Crippen LogP contribution < -0.4 is 15.4 Å². The number of rotatable bonds is 7. The SMILES string of the molecule is C=CCNC(=NCC(C)Oc1ccccc1F)NCC. The highest BCUT2D eigenvalue weighted by Crippen LogP contribution is 2.16. The van der Waals surface area contributed by atoms with E-state index < -0.39 is 0 Å². The van der Waals surface area contributed by atoms with E-state index in [0.717, 1.165) is 6.54 Å². The van der Waals surface area contributed by atoms with Gasteiger partial charge in [-0.3, -0.25) is 0 Å². The Bertz CT molecular complexity index is 448. The summed E-state index contributed by atoms with van der Waals surface area (Å²) in [6, 6.07) is 6.36. The molecule has 20 heavy (non-hydrogen) atoms. The zero-order valence-electron chi connectivity index (χ0n) is 12.0. The standard InChI is InChI=1S/C15H22FN3O/c1-4-10-18-15(17-5-2)19-11-12(3)20-14-9-7-6-8-13(14)16/h4,6-9,12H,1,5,10-11H2,2-3H3,(H2,17,18,19). The highest BCUT2D eigenvalue weighted by Gasteiger charge is 2.07. The van der Waals surface area contributed by atoms with Gasteiger partial charge in [0.15, 0.2) is 17.5 Å². The Balaban J connectivity index is 2.53. The van der Waals surface area contributed by atoms with Crippen molar-refractivity contribution in [1.82, 2.24) is 10.6 Å². The number of halogens is 1. The van der Waals surface area contributed by atoms with Gasteiger partial charge in [-0.05, 0) is 26.0 Å². The Hall–Kier alpha value is -2.04. The van der Waals surface area contributed by atoms with Gasteiger partial charge in [0.2, 0.25) is 0 Å². The lowest BCUT2D eigenvalue weighted by Gasteiger charge is -2.15. The minimum absolute atomic E-state index is 0.217. The molecule has 2 N–H and O–H groups in total. The lowest BCUT2D eigenvalue weighted by Crippen LogP contribution is -2.38. The molecule has 1 unspecified atom stereocenters. The van der Waals surface area contributed by atoms with Crippen LogP contribution in [0.1, 0.15) is 13.8 Å². The van der Waals surface area contributed by atoms with Gasteiger partial charge in [-0.25, -0.2) is 9.38 Å². The van der Waals surface area contributed by atoms with Crippen LogP contribution in [0.3, 0.4) is 0 Å². The smallest absolute Gasteiger partial charge is 0.191 e. The largest absolute Gasteiger partial charge is 0.486 e. The van der Waals surface area contributed by atoms with Gasteiger partial charge in [-0.1, -0.05) is 18.2 Å². The van der Waals surface area contributed by atoms with Gasteiger partial charge in [0, 0.05) is 13.1 Å². The van der Waals surface area contributed by atoms with E-state index in [2.05, 4.69) is 22.2 Å². The third-order valence-corrected chi connectivity index (χ3v) is 2.43. The van der Waals surface area contributed by atoms with Crippen LogP contribution in [0.4, 0.5) is 4.39 Å². The molecule has 5 heteroatoms. The Kier molecular flexibility index (Phi) is 7.17. The molecule has 0 saturated heterocycles. The molecule has 0 amide bonds. The number of nitrogens with one attached hydrogen (secondary N) is 2. The second-order valence-corrected chi connectivity index (χ2v) is 4.25. The fourth-order valence-electron chi connectivity index (χ4n) is 1.52. The van der Waals surface area contributed by atoms with Crippen molar-refractivity contribution >= 4 is 5.96 Å². The van der Waals surface area contributed by atoms with E-state index in [1.54, 1.807) is 24.3 Å². The molecule has 1 rings (SSSR count). The lowest BCUT2D eigenvalue weighted by molar-refractivity contribution is 0.220. The highest BCUT2D eigenvalue weighted by molar-refractivity contribution is 5.79. The van der Waals surface area contributed by atoms with Crippen LogP contribution in [0.15, 0.2) is 41.9 Å². The zero-order valence-corrected chi connectivity index (χ0v) is 12.0. The molecule has 0 aromatic heterocycles. The van der Waals surface area contributed by atoms with Gasteiger partial charge in [-0.15, -0.1) is 6.58 Å². The molecule has 0 bridgehead atoms. The van der Waals surface area contributed by atoms with Crippen molar-refractivity contribution in [1.29, 1.82) is 0 Å². The van der Waals surface area contributed by atoms with E-state index in [-0.39, 0.29) is 17.7 Å². The molecule has 0 aliphatic carbocycles. The molecule has 0 fully saturated rings. The van der Waals surface area contributed by atoms with Crippen LogP contribution in [0.5, 0.6) is 5.75 Å². The molecule has 0 saturated carbocycles. The number of aliphatic imine (C=N–C) groups is 1. The molecule has 0 spiro atoms. The number of para-hydroxylation sites is 1. The number of nitrogens with zero attached hydrogens (tertiary/aromatic N) is 1. The molecule has 0 heterocycles. The molecule has 1 aromatic carbocycles. The van der Waals surface area contributed by atoms with Crippen LogP contribution >= 0.6 is 0 Å². The molecule has 1 aromatic rings. The van der Waals surface area contributed by atoms with Crippen LogP contribution in [0.25, 0.3) is 0 Å². The van der Waals surface area contributed by atoms with Crippen molar-refractivity contribution in [3.63, 3.8) is 0 Å². The van der Waals surface area contributed by atoms with Gasteiger partial charge in [0.25, 0.3) is 0 Å². The summed E-state index contributed by atoms with van der Waals surface area (Å²) in [7, 11) is 0. The van der Waals surface area contributed by atoms with Gasteiger partial charge < -0.3 is 15.4 Å². The number of benzene rings is 1. The monoisotopic (exact) mass is 279 g/mol. The summed E-state index contributed by atoms with van der Waals surface area (Å²) in [6.07, 6.45) is 1.54. The second-order valence-electron chi connectivity index (χ2n) is 4.25. The van der Waals surface area contributed by atoms with E-state index in [0.29, 0.717) is 19.0 Å². The third kappa shape index (κ3) is 5.73. The molecule has 110 valence electrons. The van der Waals surface area contributed by atoms with Crippen LogP contribution in [-0.2, 0) is 0 Å². The normalized spacial score (nSPS) is 12.7. The minimum Gasteiger partial charge on any atom is -0.486 e. The predicted molar refractivity (Wildman–Crippen MR) is 80.7 cm³/mol. The van der Waals surface area contributed by atoms with E-state index in [9.17, 15) is 4.39 Å². The van der Waals surface area contributed by atoms with Gasteiger partial charge in [-0.2, -0.15) is 0 Å². The van der Waals surface area contributed by atoms with E-state index >= 15 is 0 Å². The lowest BCUT2D eigenvalue weighted by atomic mass is 10.3. The van der Waals surface area contributed by atoms with Crippen molar-refractivity contribution in [2.75, 3.05) is 19.6 Å². The van der Waals surface area contributed by atoms with E-state index in [1.807, 2.05) is 13.8 Å². The van der Waals surface area contributed by atoms with Crippen molar-refractivity contribution in [2.24, 2.45) is 4.99 Å². The van der Waals surface area contributed by atoms with E-state index in [1.165, 1.54) is 6.07 Å². The molecule has 1 atom stereocenters. The Morgan fingerprint density at radius 3 is 2.85 bits per heavy atom. The fraction of sp³-hybridized carbons (Fsp3) is 0.400. The van der Waals surface area contributed by atoms with E-state index in [4.69, 9.17) is 4.74 Å². The number of guanidine groups is 1. The van der Waals surface area contributed by atoms with Gasteiger partial charge in [0.05, 0.1) is 6.54 Å². The summed E-state index contributed by atoms with van der Waals surface area (Å²) >= 11 is 0.